The quantitative estimate of drug-likeness (QED) is 0.536. The third kappa shape index (κ3) is 5.60. The summed E-state index contributed by atoms with van der Waals surface area (Å²) in [5.74, 6) is 0. The van der Waals surface area contributed by atoms with Crippen molar-refractivity contribution in [2.45, 2.75) is 20.8 Å². The number of hydrogen-bond donors (Lipinski definition) is 1. The van der Waals surface area contributed by atoms with Gasteiger partial charge in [0.15, 0.2) is 0 Å². The van der Waals surface area contributed by atoms with E-state index in [-0.39, 0.29) is 0 Å². The summed E-state index contributed by atoms with van der Waals surface area (Å²) in [4.78, 5) is 0. The first kappa shape index (κ1) is 14.2. The molecule has 0 saturated heterocycles. The lowest BCUT2D eigenvalue weighted by Gasteiger charge is -2.09. The Morgan fingerprint density at radius 3 is 2.33 bits per heavy atom. The van der Waals surface area contributed by atoms with Gasteiger partial charge >= 0.3 is 0 Å². The van der Waals surface area contributed by atoms with Crippen molar-refractivity contribution in [2.24, 2.45) is 0 Å². The fourth-order valence-electron chi connectivity index (χ4n) is 1.14. The molecule has 0 aromatic heterocycles. The zero-order chi connectivity index (χ0) is 11.8. The predicted octanol–water partition coefficient (Wildman–Crippen LogP) is 3.80. The Bertz CT molecular complexity index is 298. The summed E-state index contributed by atoms with van der Waals surface area (Å²) in [5, 5.41) is 4.06. The van der Waals surface area contributed by atoms with E-state index in [2.05, 4.69) is 18.5 Å². The molecule has 0 aromatic rings. The van der Waals surface area contributed by atoms with E-state index in [0.29, 0.717) is 0 Å². The molecule has 0 aliphatic rings. The second-order valence-electron chi connectivity index (χ2n) is 3.55. The second kappa shape index (κ2) is 7.49. The van der Waals surface area contributed by atoms with Gasteiger partial charge in [-0.3, -0.25) is 0 Å². The van der Waals surface area contributed by atoms with Crippen LogP contribution in [0.15, 0.2) is 47.1 Å². The van der Waals surface area contributed by atoms with Crippen LogP contribution in [-0.4, -0.2) is 13.1 Å². The first-order valence-electron chi connectivity index (χ1n) is 5.02. The topological polar surface area (TPSA) is 12.0 Å². The highest BCUT2D eigenvalue weighted by atomic mass is 35.5. The largest absolute Gasteiger partial charge is 0.309 e. The Balaban J connectivity index is 4.48. The zero-order valence-corrected chi connectivity index (χ0v) is 10.6. The molecule has 0 spiro atoms. The van der Waals surface area contributed by atoms with Gasteiger partial charge < -0.3 is 5.32 Å². The highest BCUT2D eigenvalue weighted by Crippen LogP contribution is 2.18. The Morgan fingerprint density at radius 2 is 1.93 bits per heavy atom. The maximum absolute atomic E-state index is 6.04. The van der Waals surface area contributed by atoms with E-state index in [0.717, 1.165) is 34.8 Å². The minimum atomic E-state index is 0.770. The minimum absolute atomic E-state index is 0.770. The minimum Gasteiger partial charge on any atom is -0.309 e. The second-order valence-corrected chi connectivity index (χ2v) is 3.96. The lowest BCUT2D eigenvalue weighted by molar-refractivity contribution is 0.797. The van der Waals surface area contributed by atoms with E-state index in [1.807, 2.05) is 32.9 Å². The van der Waals surface area contributed by atoms with E-state index >= 15 is 0 Å². The molecule has 0 heterocycles. The van der Waals surface area contributed by atoms with Crippen molar-refractivity contribution in [1.82, 2.24) is 5.32 Å². The van der Waals surface area contributed by atoms with Crippen molar-refractivity contribution >= 4 is 11.6 Å². The Morgan fingerprint density at radius 1 is 1.33 bits per heavy atom. The first-order chi connectivity index (χ1) is 7.02. The molecule has 0 unspecified atom stereocenters. The summed E-state index contributed by atoms with van der Waals surface area (Å²) < 4.78 is 0. The van der Waals surface area contributed by atoms with Crippen LogP contribution >= 0.6 is 11.6 Å². The molecule has 0 rings (SSSR count). The molecule has 1 nitrogen and oxygen atoms in total. The summed E-state index contributed by atoms with van der Waals surface area (Å²) in [6.07, 6.45) is 3.73. The molecule has 0 aliphatic carbocycles. The molecule has 0 aromatic carbocycles. The molecule has 0 fully saturated rings. The first-order valence-corrected chi connectivity index (χ1v) is 5.40. The highest BCUT2D eigenvalue weighted by molar-refractivity contribution is 6.32. The van der Waals surface area contributed by atoms with Crippen molar-refractivity contribution < 1.29 is 0 Å². The Kier molecular flexibility index (Phi) is 7.10. The summed E-state index contributed by atoms with van der Waals surface area (Å²) in [5.41, 5.74) is 3.32. The molecule has 15 heavy (non-hydrogen) atoms. The van der Waals surface area contributed by atoms with Gasteiger partial charge in [-0.2, -0.15) is 0 Å². The highest BCUT2D eigenvalue weighted by Gasteiger charge is 2.01. The van der Waals surface area contributed by atoms with Gasteiger partial charge in [-0.1, -0.05) is 42.5 Å². The smallest absolute Gasteiger partial charge is 0.0395 e. The summed E-state index contributed by atoms with van der Waals surface area (Å²) in [6, 6.07) is 0. The third-order valence-corrected chi connectivity index (χ3v) is 2.58. The normalized spacial score (nSPS) is 13.5. The number of hydrogen-bond acceptors (Lipinski definition) is 1. The van der Waals surface area contributed by atoms with Crippen LogP contribution in [0, 0.1) is 0 Å². The molecule has 0 bridgehead atoms. The molecular weight excluding hydrogens is 206 g/mol. The van der Waals surface area contributed by atoms with E-state index < -0.39 is 0 Å². The van der Waals surface area contributed by atoms with Crippen LogP contribution < -0.4 is 5.32 Å². The monoisotopic (exact) mass is 225 g/mol. The van der Waals surface area contributed by atoms with Gasteiger partial charge in [0.2, 0.25) is 0 Å². The van der Waals surface area contributed by atoms with Crippen molar-refractivity contribution in [3.8, 4) is 0 Å². The van der Waals surface area contributed by atoms with E-state index in [1.165, 1.54) is 0 Å². The summed E-state index contributed by atoms with van der Waals surface area (Å²) in [6.45, 7) is 15.1. The fourth-order valence-corrected chi connectivity index (χ4v) is 1.26. The van der Waals surface area contributed by atoms with Gasteiger partial charge in [0.1, 0.15) is 0 Å². The van der Waals surface area contributed by atoms with Gasteiger partial charge in [0, 0.05) is 18.1 Å². The molecule has 0 amide bonds. The van der Waals surface area contributed by atoms with Crippen LogP contribution in [0.3, 0.4) is 0 Å². The molecule has 0 aliphatic heterocycles. The van der Waals surface area contributed by atoms with E-state index in [4.69, 9.17) is 11.6 Å². The van der Waals surface area contributed by atoms with Crippen LogP contribution in [0.2, 0.25) is 0 Å². The predicted molar refractivity (Wildman–Crippen MR) is 70.2 cm³/mol. The van der Waals surface area contributed by atoms with Gasteiger partial charge in [-0.25, -0.2) is 0 Å². The van der Waals surface area contributed by atoms with Crippen molar-refractivity contribution in [3.63, 3.8) is 0 Å². The number of rotatable bonds is 6. The van der Waals surface area contributed by atoms with Gasteiger partial charge in [-0.05, 0) is 31.9 Å². The van der Waals surface area contributed by atoms with Gasteiger partial charge in [0.05, 0.1) is 0 Å². The lowest BCUT2D eigenvalue weighted by atomic mass is 10.1. The van der Waals surface area contributed by atoms with Gasteiger partial charge in [0.25, 0.3) is 0 Å². The van der Waals surface area contributed by atoms with E-state index in [9.17, 15) is 0 Å². The van der Waals surface area contributed by atoms with Crippen molar-refractivity contribution in [1.29, 1.82) is 0 Å². The van der Waals surface area contributed by atoms with Crippen molar-refractivity contribution in [3.05, 3.63) is 47.1 Å². The lowest BCUT2D eigenvalue weighted by Crippen LogP contribution is -2.19. The Hall–Kier alpha value is -0.790. The van der Waals surface area contributed by atoms with E-state index in [1.54, 1.807) is 0 Å². The van der Waals surface area contributed by atoms with Crippen LogP contribution in [0.4, 0.5) is 0 Å². The molecule has 0 saturated carbocycles. The number of allylic oxidation sites excluding steroid dienone is 3. The van der Waals surface area contributed by atoms with Crippen LogP contribution in [0.1, 0.15) is 20.8 Å². The molecular formula is C13H20ClN. The Labute approximate surface area is 98.2 Å². The summed E-state index contributed by atoms with van der Waals surface area (Å²) in [7, 11) is 0. The van der Waals surface area contributed by atoms with Crippen LogP contribution in [-0.2, 0) is 0 Å². The number of halogens is 1. The standard InChI is InChI=1S/C13H20ClN/c1-6-12(9-15-8-10(3)4)11(5)13(14)7-2/h6-7,15H,1,3,8-9H2,2,4-5H3/b12-11+,13-7+. The zero-order valence-electron chi connectivity index (χ0n) is 9.86. The molecule has 2 heteroatoms. The fraction of sp³-hybridized carbons (Fsp3) is 0.385. The average Bonchev–Trinajstić information content (AvgIpc) is 2.22. The molecule has 84 valence electrons. The average molecular weight is 226 g/mol. The molecule has 0 radical (unpaired) electrons. The summed E-state index contributed by atoms with van der Waals surface area (Å²) >= 11 is 6.04. The SMILES string of the molecule is C=C/C(CNCC(=C)C)=C(C)\C(Cl)=C/C. The maximum atomic E-state index is 6.04. The number of nitrogens with one attached hydrogen (secondary N) is 1. The molecule has 0 atom stereocenters. The maximum Gasteiger partial charge on any atom is 0.0395 e. The van der Waals surface area contributed by atoms with Crippen LogP contribution in [0.5, 0.6) is 0 Å². The van der Waals surface area contributed by atoms with Crippen LogP contribution in [0.25, 0.3) is 0 Å². The van der Waals surface area contributed by atoms with Crippen molar-refractivity contribution in [2.75, 3.05) is 13.1 Å². The molecule has 1 N–H and O–H groups in total. The third-order valence-electron chi connectivity index (χ3n) is 2.08. The van der Waals surface area contributed by atoms with Gasteiger partial charge in [-0.15, -0.1) is 0 Å².